The van der Waals surface area contributed by atoms with Gasteiger partial charge in [0.2, 0.25) is 0 Å². The van der Waals surface area contributed by atoms with E-state index in [-0.39, 0.29) is 17.6 Å². The van der Waals surface area contributed by atoms with Crippen molar-refractivity contribution >= 4 is 21.4 Å². The first kappa shape index (κ1) is 18.3. The molecule has 0 saturated heterocycles. The Morgan fingerprint density at radius 1 is 1.24 bits per heavy atom. The minimum Gasteiger partial charge on any atom is -0.492 e. The number of nitrogens with one attached hydrogen (secondary N) is 1. The first-order chi connectivity index (χ1) is 9.74. The summed E-state index contributed by atoms with van der Waals surface area (Å²) in [6.07, 6.45) is 0. The second-order valence-electron chi connectivity index (χ2n) is 5.52. The van der Waals surface area contributed by atoms with Crippen LogP contribution in [0.3, 0.4) is 0 Å². The third kappa shape index (κ3) is 5.85. The van der Waals surface area contributed by atoms with Crippen molar-refractivity contribution in [2.24, 2.45) is 0 Å². The maximum atomic E-state index is 11.8. The van der Waals surface area contributed by atoms with Gasteiger partial charge in [0.15, 0.2) is 9.84 Å². The lowest BCUT2D eigenvalue weighted by atomic mass is 10.2. The average Bonchev–Trinajstić information content (AvgIpc) is 2.37. The molecule has 0 unspecified atom stereocenters. The molecule has 0 aliphatic rings. The van der Waals surface area contributed by atoms with Crippen LogP contribution in [0.1, 0.15) is 33.3 Å². The highest BCUT2D eigenvalue weighted by Crippen LogP contribution is 2.26. The molecule has 0 aliphatic heterocycles. The standard InChI is InChI=1S/C15H24ClNO3S/c1-11(2)17-10-13-14(16)6-5-7-15(13)20-8-9-21(18,19)12(3)4/h5-7,11-12,17H,8-10H2,1-4H3. The summed E-state index contributed by atoms with van der Waals surface area (Å²) in [4.78, 5) is 0. The second-order valence-corrected chi connectivity index (χ2v) is 8.60. The highest BCUT2D eigenvalue weighted by atomic mass is 35.5. The van der Waals surface area contributed by atoms with Crippen molar-refractivity contribution in [2.45, 2.75) is 45.5 Å². The van der Waals surface area contributed by atoms with Gasteiger partial charge < -0.3 is 10.1 Å². The number of benzene rings is 1. The summed E-state index contributed by atoms with van der Waals surface area (Å²) in [5, 5.41) is 3.52. The molecular weight excluding hydrogens is 310 g/mol. The van der Waals surface area contributed by atoms with Gasteiger partial charge in [0.05, 0.1) is 11.0 Å². The Morgan fingerprint density at radius 2 is 1.90 bits per heavy atom. The van der Waals surface area contributed by atoms with Crippen LogP contribution < -0.4 is 10.1 Å². The van der Waals surface area contributed by atoms with Gasteiger partial charge in [-0.15, -0.1) is 0 Å². The first-order valence-corrected chi connectivity index (χ1v) is 9.18. The number of sulfone groups is 1. The molecule has 1 aromatic rings. The average molecular weight is 334 g/mol. The third-order valence-electron chi connectivity index (χ3n) is 3.11. The molecule has 0 heterocycles. The number of hydrogen-bond acceptors (Lipinski definition) is 4. The number of hydrogen-bond donors (Lipinski definition) is 1. The van der Waals surface area contributed by atoms with Crippen molar-refractivity contribution in [2.75, 3.05) is 12.4 Å². The normalized spacial score (nSPS) is 12.1. The summed E-state index contributed by atoms with van der Waals surface area (Å²) >= 11 is 6.19. The minimum atomic E-state index is -3.09. The van der Waals surface area contributed by atoms with E-state index in [0.717, 1.165) is 5.56 Å². The maximum absolute atomic E-state index is 11.8. The quantitative estimate of drug-likeness (QED) is 0.794. The fourth-order valence-corrected chi connectivity index (χ4v) is 2.68. The maximum Gasteiger partial charge on any atom is 0.155 e. The lowest BCUT2D eigenvalue weighted by Gasteiger charge is -2.15. The monoisotopic (exact) mass is 333 g/mol. The Balaban J connectivity index is 2.73. The van der Waals surface area contributed by atoms with Crippen LogP contribution in [0, 0.1) is 0 Å². The van der Waals surface area contributed by atoms with Crippen molar-refractivity contribution in [1.29, 1.82) is 0 Å². The van der Waals surface area contributed by atoms with E-state index >= 15 is 0 Å². The van der Waals surface area contributed by atoms with Crippen molar-refractivity contribution in [3.8, 4) is 5.75 Å². The molecule has 4 nitrogen and oxygen atoms in total. The molecular formula is C15H24ClNO3S. The van der Waals surface area contributed by atoms with Crippen LogP contribution in [0.25, 0.3) is 0 Å². The van der Waals surface area contributed by atoms with Crippen LogP contribution in [-0.4, -0.2) is 32.1 Å². The first-order valence-electron chi connectivity index (χ1n) is 7.09. The predicted molar refractivity (Wildman–Crippen MR) is 87.8 cm³/mol. The number of ether oxygens (including phenoxy) is 1. The zero-order valence-electron chi connectivity index (χ0n) is 13.0. The molecule has 1 N–H and O–H groups in total. The summed E-state index contributed by atoms with van der Waals surface area (Å²) in [5.41, 5.74) is 0.856. The minimum absolute atomic E-state index is 0.00816. The van der Waals surface area contributed by atoms with Gasteiger partial charge in [-0.05, 0) is 26.0 Å². The zero-order chi connectivity index (χ0) is 16.0. The summed E-state index contributed by atoms with van der Waals surface area (Å²) in [6.45, 7) is 8.16. The molecule has 0 radical (unpaired) electrons. The van der Waals surface area contributed by atoms with Crippen LogP contribution in [0.15, 0.2) is 18.2 Å². The molecule has 0 fully saturated rings. The van der Waals surface area contributed by atoms with Gasteiger partial charge in [-0.25, -0.2) is 8.42 Å². The van der Waals surface area contributed by atoms with Crippen molar-refractivity contribution in [1.82, 2.24) is 5.32 Å². The molecule has 0 saturated carbocycles. The summed E-state index contributed by atoms with van der Waals surface area (Å²) in [6, 6.07) is 5.74. The van der Waals surface area contributed by atoms with Gasteiger partial charge in [-0.2, -0.15) is 0 Å². The SMILES string of the molecule is CC(C)NCc1c(Cl)cccc1OCCS(=O)(=O)C(C)C. The van der Waals surface area contributed by atoms with E-state index in [0.29, 0.717) is 23.4 Å². The molecule has 0 atom stereocenters. The molecule has 1 aromatic carbocycles. The summed E-state index contributed by atoms with van der Waals surface area (Å²) < 4.78 is 29.2. The number of rotatable bonds is 8. The van der Waals surface area contributed by atoms with Crippen LogP contribution in [0.4, 0.5) is 0 Å². The van der Waals surface area contributed by atoms with Crippen LogP contribution in [-0.2, 0) is 16.4 Å². The van der Waals surface area contributed by atoms with E-state index in [1.54, 1.807) is 26.0 Å². The van der Waals surface area contributed by atoms with Gasteiger partial charge in [-0.1, -0.05) is 31.5 Å². The van der Waals surface area contributed by atoms with E-state index < -0.39 is 9.84 Å². The van der Waals surface area contributed by atoms with Crippen LogP contribution in [0.5, 0.6) is 5.75 Å². The zero-order valence-corrected chi connectivity index (χ0v) is 14.6. The predicted octanol–water partition coefficient (Wildman–Crippen LogP) is 3.04. The smallest absolute Gasteiger partial charge is 0.155 e. The fraction of sp³-hybridized carbons (Fsp3) is 0.600. The number of halogens is 1. The molecule has 0 amide bonds. The lowest BCUT2D eigenvalue weighted by molar-refractivity contribution is 0.335. The topological polar surface area (TPSA) is 55.4 Å². The Bertz CT molecular complexity index is 556. The lowest BCUT2D eigenvalue weighted by Crippen LogP contribution is -2.24. The molecule has 0 spiro atoms. The molecule has 120 valence electrons. The molecule has 0 aliphatic carbocycles. The Hall–Kier alpha value is -0.780. The van der Waals surface area contributed by atoms with E-state index in [1.807, 2.05) is 19.9 Å². The van der Waals surface area contributed by atoms with Crippen molar-refractivity contribution in [3.05, 3.63) is 28.8 Å². The van der Waals surface area contributed by atoms with E-state index in [2.05, 4.69) is 5.32 Å². The van der Waals surface area contributed by atoms with Gasteiger partial charge in [0.25, 0.3) is 0 Å². The third-order valence-corrected chi connectivity index (χ3v) is 5.63. The van der Waals surface area contributed by atoms with Gasteiger partial charge in [0.1, 0.15) is 12.4 Å². The van der Waals surface area contributed by atoms with E-state index in [4.69, 9.17) is 16.3 Å². The molecule has 21 heavy (non-hydrogen) atoms. The fourth-order valence-electron chi connectivity index (χ4n) is 1.66. The second kappa shape index (κ2) is 8.01. The molecule has 0 bridgehead atoms. The molecule has 1 rings (SSSR count). The molecule has 0 aromatic heterocycles. The molecule has 6 heteroatoms. The Morgan fingerprint density at radius 3 is 2.48 bits per heavy atom. The highest BCUT2D eigenvalue weighted by Gasteiger charge is 2.16. The largest absolute Gasteiger partial charge is 0.492 e. The van der Waals surface area contributed by atoms with Crippen molar-refractivity contribution < 1.29 is 13.2 Å². The van der Waals surface area contributed by atoms with Crippen molar-refractivity contribution in [3.63, 3.8) is 0 Å². The van der Waals surface area contributed by atoms with Crippen LogP contribution >= 0.6 is 11.6 Å². The Labute approximate surface area is 132 Å². The van der Waals surface area contributed by atoms with E-state index in [9.17, 15) is 8.42 Å². The van der Waals surface area contributed by atoms with Crippen LogP contribution in [0.2, 0.25) is 5.02 Å². The van der Waals surface area contributed by atoms with Gasteiger partial charge in [0, 0.05) is 23.2 Å². The summed E-state index contributed by atoms with van der Waals surface area (Å²) in [5.74, 6) is 0.642. The summed E-state index contributed by atoms with van der Waals surface area (Å²) in [7, 11) is -3.09. The highest BCUT2D eigenvalue weighted by molar-refractivity contribution is 7.91. The van der Waals surface area contributed by atoms with Gasteiger partial charge in [-0.3, -0.25) is 0 Å². The Kier molecular flexibility index (Phi) is 6.97. The van der Waals surface area contributed by atoms with Gasteiger partial charge >= 0.3 is 0 Å². The van der Waals surface area contributed by atoms with E-state index in [1.165, 1.54) is 0 Å².